The molecule has 1 atom stereocenters. The topological polar surface area (TPSA) is 70.5 Å². The molecule has 2 amide bonds. The highest BCUT2D eigenvalue weighted by Gasteiger charge is 2.27. The van der Waals surface area contributed by atoms with Crippen molar-refractivity contribution in [3.8, 4) is 0 Å². The maximum Gasteiger partial charge on any atom is 0.321 e. The highest BCUT2D eigenvalue weighted by Crippen LogP contribution is 2.26. The predicted octanol–water partition coefficient (Wildman–Crippen LogP) is 5.02. The van der Waals surface area contributed by atoms with Gasteiger partial charge in [0.2, 0.25) is 0 Å². The van der Waals surface area contributed by atoms with Gasteiger partial charge in [-0.2, -0.15) is 0 Å². The van der Waals surface area contributed by atoms with Gasteiger partial charge < -0.3 is 10.2 Å². The van der Waals surface area contributed by atoms with E-state index in [2.05, 4.69) is 24.1 Å². The van der Waals surface area contributed by atoms with Crippen molar-refractivity contribution in [1.82, 2.24) is 19.4 Å². The molecule has 0 saturated carbocycles. The van der Waals surface area contributed by atoms with E-state index in [4.69, 9.17) is 28.2 Å². The van der Waals surface area contributed by atoms with Gasteiger partial charge in [0.25, 0.3) is 5.56 Å². The van der Waals surface area contributed by atoms with Crippen LogP contribution in [-0.4, -0.2) is 51.6 Å². The number of halogens is 2. The summed E-state index contributed by atoms with van der Waals surface area (Å²) < 4.78 is 1.80. The molecule has 0 spiro atoms. The molecule has 0 radical (unpaired) electrons. The summed E-state index contributed by atoms with van der Waals surface area (Å²) in [5.74, 6) is 0.772. The Balaban J connectivity index is 1.47. The zero-order valence-electron chi connectivity index (χ0n) is 18.7. The summed E-state index contributed by atoms with van der Waals surface area (Å²) in [4.78, 5) is 34.7. The van der Waals surface area contributed by atoms with Gasteiger partial charge in [-0.05, 0) is 43.7 Å². The third-order valence-electron chi connectivity index (χ3n) is 6.03. The van der Waals surface area contributed by atoms with Gasteiger partial charge in [0.15, 0.2) is 0 Å². The average molecular weight is 488 g/mol. The Kier molecular flexibility index (Phi) is 7.22. The number of carbonyl (C=O) groups excluding carboxylic acids is 1. The van der Waals surface area contributed by atoms with Crippen LogP contribution in [0.4, 0.5) is 10.5 Å². The highest BCUT2D eigenvalue weighted by atomic mass is 35.5. The minimum atomic E-state index is -0.174. The molecule has 3 aromatic rings. The van der Waals surface area contributed by atoms with E-state index < -0.39 is 0 Å². The number of nitrogens with one attached hydrogen (secondary N) is 1. The van der Waals surface area contributed by atoms with Gasteiger partial charge in [-0.25, -0.2) is 9.78 Å². The molecule has 174 valence electrons. The molecule has 1 N–H and O–H groups in total. The van der Waals surface area contributed by atoms with Crippen LogP contribution in [0.15, 0.2) is 47.3 Å². The smallest absolute Gasteiger partial charge is 0.321 e. The summed E-state index contributed by atoms with van der Waals surface area (Å²) in [6.07, 6.45) is 0.850. The van der Waals surface area contributed by atoms with Gasteiger partial charge in [0, 0.05) is 38.4 Å². The van der Waals surface area contributed by atoms with Gasteiger partial charge in [0.1, 0.15) is 5.82 Å². The third kappa shape index (κ3) is 5.00. The molecule has 1 unspecified atom stereocenters. The Hall–Kier alpha value is -2.61. The minimum Gasteiger partial charge on any atom is -0.322 e. The van der Waals surface area contributed by atoms with Crippen LogP contribution in [-0.2, 0) is 6.54 Å². The number of benzene rings is 2. The molecule has 1 saturated heterocycles. The molecular weight excluding hydrogens is 461 g/mol. The molecule has 1 aliphatic rings. The normalized spacial score (nSPS) is 15.6. The summed E-state index contributed by atoms with van der Waals surface area (Å²) in [7, 11) is 0. The lowest BCUT2D eigenvalue weighted by molar-refractivity contribution is 0.114. The first-order chi connectivity index (χ1) is 15.9. The summed E-state index contributed by atoms with van der Waals surface area (Å²) >= 11 is 12.0. The molecule has 9 heteroatoms. The number of urea groups is 1. The van der Waals surface area contributed by atoms with Crippen LogP contribution in [0.2, 0.25) is 10.0 Å². The first-order valence-corrected chi connectivity index (χ1v) is 11.9. The average Bonchev–Trinajstić information content (AvgIpc) is 2.83. The van der Waals surface area contributed by atoms with Gasteiger partial charge in [0.05, 0.1) is 27.0 Å². The van der Waals surface area contributed by atoms with Crippen molar-refractivity contribution >= 4 is 45.8 Å². The minimum absolute atomic E-state index is 0.00365. The molecule has 2 aromatic carbocycles. The van der Waals surface area contributed by atoms with Crippen LogP contribution in [0.3, 0.4) is 0 Å². The van der Waals surface area contributed by atoms with Crippen molar-refractivity contribution in [3.05, 3.63) is 68.7 Å². The van der Waals surface area contributed by atoms with Crippen LogP contribution in [0.5, 0.6) is 0 Å². The highest BCUT2D eigenvalue weighted by molar-refractivity contribution is 6.42. The van der Waals surface area contributed by atoms with Gasteiger partial charge in [-0.15, -0.1) is 0 Å². The second-order valence-electron chi connectivity index (χ2n) is 8.20. The zero-order valence-corrected chi connectivity index (χ0v) is 20.2. The molecule has 4 rings (SSSR count). The second kappa shape index (κ2) is 10.1. The van der Waals surface area contributed by atoms with E-state index in [-0.39, 0.29) is 17.6 Å². The number of anilines is 1. The Labute approximate surface area is 202 Å². The number of hydrogen-bond donors (Lipinski definition) is 1. The Bertz CT molecular complexity index is 1220. The molecule has 1 fully saturated rings. The van der Waals surface area contributed by atoms with Crippen molar-refractivity contribution in [1.29, 1.82) is 0 Å². The number of nitrogens with zero attached hydrogens (tertiary/aromatic N) is 4. The van der Waals surface area contributed by atoms with E-state index in [9.17, 15) is 9.59 Å². The second-order valence-corrected chi connectivity index (χ2v) is 9.02. The van der Waals surface area contributed by atoms with Gasteiger partial charge in [-0.1, -0.05) is 42.3 Å². The van der Waals surface area contributed by atoms with Gasteiger partial charge in [-0.3, -0.25) is 14.3 Å². The number of carbonyl (C=O) groups is 1. The molecule has 0 aliphatic carbocycles. The largest absolute Gasteiger partial charge is 0.322 e. The van der Waals surface area contributed by atoms with Crippen molar-refractivity contribution in [2.24, 2.45) is 0 Å². The molecule has 2 heterocycles. The van der Waals surface area contributed by atoms with E-state index in [1.165, 1.54) is 0 Å². The van der Waals surface area contributed by atoms with E-state index in [1.807, 2.05) is 24.3 Å². The molecular formula is C24H27Cl2N5O2. The monoisotopic (exact) mass is 487 g/mol. The number of aromatic nitrogens is 2. The van der Waals surface area contributed by atoms with Crippen LogP contribution in [0.25, 0.3) is 10.9 Å². The molecule has 0 bridgehead atoms. The first-order valence-electron chi connectivity index (χ1n) is 11.1. The molecule has 1 aliphatic heterocycles. The molecule has 7 nitrogen and oxygen atoms in total. The fraction of sp³-hybridized carbons (Fsp3) is 0.375. The number of amides is 2. The lowest BCUT2D eigenvalue weighted by Gasteiger charge is -2.38. The Morgan fingerprint density at radius 1 is 1.09 bits per heavy atom. The quantitative estimate of drug-likeness (QED) is 0.548. The summed E-state index contributed by atoms with van der Waals surface area (Å²) in [6.45, 7) is 7.28. The van der Waals surface area contributed by atoms with E-state index in [1.54, 1.807) is 27.7 Å². The fourth-order valence-electron chi connectivity index (χ4n) is 4.20. The van der Waals surface area contributed by atoms with E-state index >= 15 is 0 Å². The number of piperazine rings is 1. The fourth-order valence-corrected chi connectivity index (χ4v) is 4.49. The summed E-state index contributed by atoms with van der Waals surface area (Å²) in [6, 6.07) is 12.3. The Morgan fingerprint density at radius 2 is 1.82 bits per heavy atom. The number of rotatable bonds is 5. The van der Waals surface area contributed by atoms with Crippen LogP contribution >= 0.6 is 23.2 Å². The van der Waals surface area contributed by atoms with Crippen molar-refractivity contribution < 1.29 is 4.79 Å². The van der Waals surface area contributed by atoms with Crippen LogP contribution in [0, 0.1) is 0 Å². The third-order valence-corrected chi connectivity index (χ3v) is 6.77. The maximum absolute atomic E-state index is 13.1. The van der Waals surface area contributed by atoms with Crippen molar-refractivity contribution in [3.63, 3.8) is 0 Å². The number of para-hydroxylation sites is 1. The number of hydrogen-bond acceptors (Lipinski definition) is 4. The Morgan fingerprint density at radius 3 is 2.52 bits per heavy atom. The number of fused-ring (bicyclic) bond motifs is 1. The summed E-state index contributed by atoms with van der Waals surface area (Å²) in [5, 5.41) is 4.36. The lowest BCUT2D eigenvalue weighted by Crippen LogP contribution is -2.51. The van der Waals surface area contributed by atoms with Gasteiger partial charge >= 0.3 is 6.03 Å². The van der Waals surface area contributed by atoms with E-state index in [0.717, 1.165) is 17.8 Å². The zero-order chi connectivity index (χ0) is 23.5. The SMILES string of the molecule is CCCn1c(C(C)N2CCN(C(=O)Nc3ccc(Cl)c(Cl)c3)CC2)nc2ccccc2c1=O. The molecule has 1 aromatic heterocycles. The van der Waals surface area contributed by atoms with Crippen LogP contribution in [0.1, 0.15) is 32.1 Å². The maximum atomic E-state index is 13.1. The van der Waals surface area contributed by atoms with Crippen molar-refractivity contribution in [2.45, 2.75) is 32.9 Å². The van der Waals surface area contributed by atoms with E-state index in [0.29, 0.717) is 53.8 Å². The standard InChI is InChI=1S/C24H27Cl2N5O2/c1-3-10-31-22(28-21-7-5-4-6-18(21)23(31)32)16(2)29-11-13-30(14-12-29)24(33)27-17-8-9-19(25)20(26)15-17/h4-9,15-16H,3,10-14H2,1-2H3,(H,27,33). The van der Waals surface area contributed by atoms with Crippen molar-refractivity contribution in [2.75, 3.05) is 31.5 Å². The predicted molar refractivity (Wildman–Crippen MR) is 133 cm³/mol. The first kappa shape index (κ1) is 23.5. The summed E-state index contributed by atoms with van der Waals surface area (Å²) in [5.41, 5.74) is 1.33. The van der Waals surface area contributed by atoms with Crippen LogP contribution < -0.4 is 10.9 Å². The molecule has 33 heavy (non-hydrogen) atoms. The lowest BCUT2D eigenvalue weighted by atomic mass is 10.1.